The number of aliphatic hydroxyl groups is 2. The summed E-state index contributed by atoms with van der Waals surface area (Å²) in [4.78, 5) is 48.9. The van der Waals surface area contributed by atoms with Crippen LogP contribution in [-0.2, 0) is 28.7 Å². The molecule has 2 atom stereocenters. The van der Waals surface area contributed by atoms with Crippen LogP contribution in [0.1, 0.15) is 105 Å². The minimum absolute atomic E-state index is 0.491. The van der Waals surface area contributed by atoms with Gasteiger partial charge in [-0.1, -0.05) is 79.1 Å². The van der Waals surface area contributed by atoms with Crippen molar-refractivity contribution in [2.45, 2.75) is 117 Å². The maximum Gasteiger partial charge on any atom is 0.346 e. The van der Waals surface area contributed by atoms with Crippen LogP contribution in [0.25, 0.3) is 0 Å². The van der Waals surface area contributed by atoms with E-state index in [1.807, 2.05) is 27.7 Å². The van der Waals surface area contributed by atoms with Gasteiger partial charge in [-0.25, -0.2) is 9.59 Å². The topological polar surface area (TPSA) is 127 Å². The SMILES string of the molecule is CCCCC(CCCC)C(=O)OC(=O)C(O)C(O)C(=O)OC(=O)C(CCCC)CCCC. The van der Waals surface area contributed by atoms with Gasteiger partial charge < -0.3 is 19.7 Å². The van der Waals surface area contributed by atoms with Crippen LogP contribution in [0.3, 0.4) is 0 Å². The van der Waals surface area contributed by atoms with Gasteiger partial charge >= 0.3 is 23.9 Å². The van der Waals surface area contributed by atoms with Crippen molar-refractivity contribution < 1.29 is 38.9 Å². The summed E-state index contributed by atoms with van der Waals surface area (Å²) in [5.41, 5.74) is 0. The lowest BCUT2D eigenvalue weighted by Gasteiger charge is -2.19. The van der Waals surface area contributed by atoms with Crippen molar-refractivity contribution >= 4 is 23.9 Å². The summed E-state index contributed by atoms with van der Waals surface area (Å²) >= 11 is 0. The van der Waals surface area contributed by atoms with E-state index in [0.717, 1.165) is 51.4 Å². The Kier molecular flexibility index (Phi) is 16.7. The third-order valence-corrected chi connectivity index (χ3v) is 5.48. The molecule has 0 aromatic heterocycles. The normalized spacial score (nSPS) is 13.1. The first kappa shape index (κ1) is 30.2. The highest BCUT2D eigenvalue weighted by molar-refractivity contribution is 5.95. The summed E-state index contributed by atoms with van der Waals surface area (Å²) in [6, 6.07) is 0. The molecule has 0 aromatic rings. The number of rotatable bonds is 17. The van der Waals surface area contributed by atoms with Crippen molar-refractivity contribution in [1.29, 1.82) is 0 Å². The fraction of sp³-hybridized carbons (Fsp3) is 0.833. The lowest BCUT2D eigenvalue weighted by Crippen LogP contribution is -2.44. The highest BCUT2D eigenvalue weighted by atomic mass is 16.6. The monoisotopic (exact) mass is 458 g/mol. The molecule has 0 heterocycles. The lowest BCUT2D eigenvalue weighted by molar-refractivity contribution is -0.183. The Morgan fingerprint density at radius 3 is 1.00 bits per heavy atom. The van der Waals surface area contributed by atoms with Crippen molar-refractivity contribution in [2.24, 2.45) is 11.8 Å². The zero-order chi connectivity index (χ0) is 24.5. The molecule has 2 unspecified atom stereocenters. The number of carbonyl (C=O) groups is 4. The molecule has 8 heteroatoms. The molecule has 0 rings (SSSR count). The van der Waals surface area contributed by atoms with Crippen LogP contribution in [0.4, 0.5) is 0 Å². The zero-order valence-electron chi connectivity index (χ0n) is 20.1. The molecule has 0 saturated carbocycles. The number of hydrogen-bond acceptors (Lipinski definition) is 8. The van der Waals surface area contributed by atoms with Crippen LogP contribution in [0, 0.1) is 11.8 Å². The van der Waals surface area contributed by atoms with Gasteiger partial charge in [-0.05, 0) is 25.7 Å². The van der Waals surface area contributed by atoms with Crippen LogP contribution >= 0.6 is 0 Å². The van der Waals surface area contributed by atoms with Gasteiger partial charge in [0.2, 0.25) is 0 Å². The number of unbranched alkanes of at least 4 members (excludes halogenated alkanes) is 4. The fourth-order valence-electron chi connectivity index (χ4n) is 3.31. The molecular weight excluding hydrogens is 416 g/mol. The molecule has 0 aliphatic rings. The van der Waals surface area contributed by atoms with E-state index in [9.17, 15) is 29.4 Å². The van der Waals surface area contributed by atoms with E-state index in [1.165, 1.54) is 0 Å². The van der Waals surface area contributed by atoms with E-state index in [1.54, 1.807) is 0 Å². The van der Waals surface area contributed by atoms with Gasteiger partial charge in [0, 0.05) is 0 Å². The highest BCUT2D eigenvalue weighted by Crippen LogP contribution is 2.20. The molecule has 0 spiro atoms. The van der Waals surface area contributed by atoms with Crippen molar-refractivity contribution in [3.63, 3.8) is 0 Å². The molecule has 0 amide bonds. The molecule has 186 valence electrons. The summed E-state index contributed by atoms with van der Waals surface area (Å²) in [6.45, 7) is 7.93. The van der Waals surface area contributed by atoms with E-state index >= 15 is 0 Å². The summed E-state index contributed by atoms with van der Waals surface area (Å²) in [6.07, 6.45) is 4.22. The lowest BCUT2D eigenvalue weighted by atomic mass is 9.96. The average Bonchev–Trinajstić information content (AvgIpc) is 2.77. The van der Waals surface area contributed by atoms with Gasteiger partial charge in [0.05, 0.1) is 11.8 Å². The Balaban J connectivity index is 4.91. The van der Waals surface area contributed by atoms with Gasteiger partial charge in [-0.3, -0.25) is 9.59 Å². The standard InChI is InChI=1S/C24H42O8/c1-5-9-13-17(14-10-6-2)21(27)31-23(29)19(25)20(26)24(30)32-22(28)18(15-11-7-3)16-12-8-4/h17-20,25-26H,5-16H2,1-4H3. The summed E-state index contributed by atoms with van der Waals surface area (Å²) in [5.74, 6) is -5.42. The van der Waals surface area contributed by atoms with E-state index < -0.39 is 47.9 Å². The second kappa shape index (κ2) is 17.7. The molecule has 0 aliphatic carbocycles. The third kappa shape index (κ3) is 11.7. The van der Waals surface area contributed by atoms with Gasteiger partial charge in [-0.15, -0.1) is 0 Å². The van der Waals surface area contributed by atoms with E-state index in [2.05, 4.69) is 0 Å². The molecule has 0 aromatic carbocycles. The summed E-state index contributed by atoms with van der Waals surface area (Å²) in [5, 5.41) is 20.0. The number of aliphatic hydroxyl groups excluding tert-OH is 2. The van der Waals surface area contributed by atoms with Crippen molar-refractivity contribution in [3.8, 4) is 0 Å². The predicted molar refractivity (Wildman–Crippen MR) is 119 cm³/mol. The zero-order valence-corrected chi connectivity index (χ0v) is 20.1. The first-order chi connectivity index (χ1) is 15.2. The van der Waals surface area contributed by atoms with E-state index in [-0.39, 0.29) is 0 Å². The summed E-state index contributed by atoms with van der Waals surface area (Å²) < 4.78 is 9.44. The average molecular weight is 459 g/mol. The van der Waals surface area contributed by atoms with Gasteiger partial charge in [0.25, 0.3) is 0 Å². The van der Waals surface area contributed by atoms with Crippen molar-refractivity contribution in [1.82, 2.24) is 0 Å². The Hall–Kier alpha value is -1.80. The molecule has 0 aliphatic heterocycles. The van der Waals surface area contributed by atoms with Gasteiger partial charge in [-0.2, -0.15) is 0 Å². The smallest absolute Gasteiger partial charge is 0.346 e. The summed E-state index contributed by atoms with van der Waals surface area (Å²) in [7, 11) is 0. The second-order valence-corrected chi connectivity index (χ2v) is 8.33. The quantitative estimate of drug-likeness (QED) is 0.249. The highest BCUT2D eigenvalue weighted by Gasteiger charge is 2.37. The molecule has 0 radical (unpaired) electrons. The predicted octanol–water partition coefficient (Wildman–Crippen LogP) is 3.84. The maximum absolute atomic E-state index is 12.3. The second-order valence-electron chi connectivity index (χ2n) is 8.33. The maximum atomic E-state index is 12.3. The van der Waals surface area contributed by atoms with E-state index in [4.69, 9.17) is 9.47 Å². The molecule has 0 saturated heterocycles. The van der Waals surface area contributed by atoms with Crippen molar-refractivity contribution in [2.75, 3.05) is 0 Å². The van der Waals surface area contributed by atoms with Crippen LogP contribution < -0.4 is 0 Å². The molecule has 32 heavy (non-hydrogen) atoms. The molecular formula is C24H42O8. The van der Waals surface area contributed by atoms with Crippen LogP contribution in [0.15, 0.2) is 0 Å². The number of hydrogen-bond donors (Lipinski definition) is 2. The van der Waals surface area contributed by atoms with Crippen LogP contribution in [0.5, 0.6) is 0 Å². The van der Waals surface area contributed by atoms with E-state index in [0.29, 0.717) is 25.7 Å². The van der Waals surface area contributed by atoms with Gasteiger partial charge in [0.1, 0.15) is 0 Å². The molecule has 8 nitrogen and oxygen atoms in total. The first-order valence-corrected chi connectivity index (χ1v) is 12.1. The number of ether oxygens (including phenoxy) is 2. The molecule has 2 N–H and O–H groups in total. The van der Waals surface area contributed by atoms with Gasteiger partial charge in [0.15, 0.2) is 12.2 Å². The van der Waals surface area contributed by atoms with Crippen LogP contribution in [-0.4, -0.2) is 46.3 Å². The minimum Gasteiger partial charge on any atom is -0.391 e. The molecule has 0 fully saturated rings. The Morgan fingerprint density at radius 1 is 0.531 bits per heavy atom. The molecule has 0 bridgehead atoms. The Morgan fingerprint density at radius 2 is 0.781 bits per heavy atom. The third-order valence-electron chi connectivity index (χ3n) is 5.48. The largest absolute Gasteiger partial charge is 0.391 e. The number of carbonyl (C=O) groups excluding carboxylic acids is 4. The van der Waals surface area contributed by atoms with Crippen molar-refractivity contribution in [3.05, 3.63) is 0 Å². The minimum atomic E-state index is -2.32. The van der Waals surface area contributed by atoms with Crippen LogP contribution in [0.2, 0.25) is 0 Å². The first-order valence-electron chi connectivity index (χ1n) is 12.1. The Bertz CT molecular complexity index is 508. The number of esters is 4. The fourth-order valence-corrected chi connectivity index (χ4v) is 3.31. The Labute approximate surface area is 192 Å².